The van der Waals surface area contributed by atoms with E-state index in [2.05, 4.69) is 93.7 Å². The topological polar surface area (TPSA) is 78.9 Å². The summed E-state index contributed by atoms with van der Waals surface area (Å²) in [5.74, 6) is -0.957. The minimum absolute atomic E-state index is 0.0942. The van der Waals surface area contributed by atoms with Gasteiger partial charge in [0.1, 0.15) is 13.2 Å². The number of hydrogen-bond donors (Lipinski definition) is 0. The summed E-state index contributed by atoms with van der Waals surface area (Å²) in [4.78, 5) is 38.1. The zero-order chi connectivity index (χ0) is 47.2. The largest absolute Gasteiger partial charge is 0.462 e. The third-order valence-corrected chi connectivity index (χ3v) is 11.7. The van der Waals surface area contributed by atoms with Crippen LogP contribution in [0.2, 0.25) is 0 Å². The lowest BCUT2D eigenvalue weighted by atomic mass is 10.0. The summed E-state index contributed by atoms with van der Waals surface area (Å²) >= 11 is 0. The van der Waals surface area contributed by atoms with Crippen molar-refractivity contribution in [2.45, 2.75) is 271 Å². The zero-order valence-corrected chi connectivity index (χ0v) is 42.7. The van der Waals surface area contributed by atoms with Crippen LogP contribution in [-0.4, -0.2) is 37.2 Å². The highest BCUT2D eigenvalue weighted by Gasteiger charge is 2.19. The molecule has 0 radical (unpaired) electrons. The van der Waals surface area contributed by atoms with Gasteiger partial charge in [0.2, 0.25) is 0 Å². The number of carbonyl (C=O) groups excluding carboxylic acids is 3. The van der Waals surface area contributed by atoms with Gasteiger partial charge in [0.15, 0.2) is 6.10 Å². The first kappa shape index (κ1) is 61.9. The molecule has 0 heterocycles. The van der Waals surface area contributed by atoms with Crippen LogP contribution in [0.15, 0.2) is 72.9 Å². The van der Waals surface area contributed by atoms with Gasteiger partial charge in [-0.2, -0.15) is 0 Å². The van der Waals surface area contributed by atoms with Crippen molar-refractivity contribution >= 4 is 17.9 Å². The van der Waals surface area contributed by atoms with Crippen LogP contribution in [0.1, 0.15) is 265 Å². The summed E-state index contributed by atoms with van der Waals surface area (Å²) < 4.78 is 16.8. The van der Waals surface area contributed by atoms with Gasteiger partial charge in [-0.25, -0.2) is 0 Å². The van der Waals surface area contributed by atoms with E-state index in [0.29, 0.717) is 19.3 Å². The molecule has 1 atom stereocenters. The Labute approximate surface area is 402 Å². The number of allylic oxidation sites excluding steroid dienone is 12. The predicted octanol–water partition coefficient (Wildman–Crippen LogP) is 18.2. The van der Waals surface area contributed by atoms with Crippen molar-refractivity contribution in [1.29, 1.82) is 0 Å². The molecule has 0 rings (SSSR count). The Morgan fingerprint density at radius 1 is 0.323 bits per heavy atom. The molecule has 6 heteroatoms. The van der Waals surface area contributed by atoms with E-state index in [4.69, 9.17) is 14.2 Å². The highest BCUT2D eigenvalue weighted by molar-refractivity contribution is 5.71. The second-order valence-corrected chi connectivity index (χ2v) is 18.1. The molecule has 0 aliphatic carbocycles. The van der Waals surface area contributed by atoms with Gasteiger partial charge in [0.25, 0.3) is 0 Å². The number of esters is 3. The van der Waals surface area contributed by atoms with E-state index < -0.39 is 6.10 Å². The first-order chi connectivity index (χ1) is 32.0. The summed E-state index contributed by atoms with van der Waals surface area (Å²) in [6.07, 6.45) is 67.5. The number of ether oxygens (including phenoxy) is 3. The summed E-state index contributed by atoms with van der Waals surface area (Å²) in [5, 5.41) is 0. The van der Waals surface area contributed by atoms with Crippen molar-refractivity contribution in [3.63, 3.8) is 0 Å². The molecule has 0 aromatic heterocycles. The van der Waals surface area contributed by atoms with Gasteiger partial charge in [-0.1, -0.05) is 235 Å². The van der Waals surface area contributed by atoms with Gasteiger partial charge < -0.3 is 14.2 Å². The van der Waals surface area contributed by atoms with Gasteiger partial charge in [-0.05, 0) is 83.5 Å². The molecule has 0 aliphatic rings. The van der Waals surface area contributed by atoms with Crippen LogP contribution in [0.5, 0.6) is 0 Å². The second kappa shape index (κ2) is 53.5. The quantitative estimate of drug-likeness (QED) is 0.0262. The molecule has 0 unspecified atom stereocenters. The van der Waals surface area contributed by atoms with E-state index in [9.17, 15) is 14.4 Å². The second-order valence-electron chi connectivity index (χ2n) is 18.1. The number of rotatable bonds is 49. The molecule has 0 aliphatic heterocycles. The van der Waals surface area contributed by atoms with Crippen molar-refractivity contribution in [2.24, 2.45) is 0 Å². The third kappa shape index (κ3) is 51.7. The number of carbonyl (C=O) groups is 3. The van der Waals surface area contributed by atoms with Crippen molar-refractivity contribution in [2.75, 3.05) is 13.2 Å². The van der Waals surface area contributed by atoms with Crippen LogP contribution in [0, 0.1) is 0 Å². The summed E-state index contributed by atoms with van der Waals surface area (Å²) in [6, 6.07) is 0. The molecule has 6 nitrogen and oxygen atoms in total. The molecule has 65 heavy (non-hydrogen) atoms. The van der Waals surface area contributed by atoms with Gasteiger partial charge in [-0.3, -0.25) is 14.4 Å². The predicted molar refractivity (Wildman–Crippen MR) is 279 cm³/mol. The number of unbranched alkanes of at least 4 members (excludes halogenated alkanes) is 26. The third-order valence-electron chi connectivity index (χ3n) is 11.7. The smallest absolute Gasteiger partial charge is 0.306 e. The normalized spacial score (nSPS) is 12.6. The van der Waals surface area contributed by atoms with Crippen molar-refractivity contribution in [1.82, 2.24) is 0 Å². The van der Waals surface area contributed by atoms with E-state index in [-0.39, 0.29) is 37.5 Å². The SMILES string of the molecule is CC/C=C\C/C=C\C/C=C\C/C=C\C/C=C\CCCC(=O)OC[C@H](COC(=O)CCCCCCCCCCCCCCCCC)OC(=O)CCCCCCC/C=C\CCCCCCCC. The number of hydrogen-bond acceptors (Lipinski definition) is 6. The molecule has 0 amide bonds. The fourth-order valence-corrected chi connectivity index (χ4v) is 7.59. The molecule has 0 N–H and O–H groups in total. The fourth-order valence-electron chi connectivity index (χ4n) is 7.59. The van der Waals surface area contributed by atoms with Crippen molar-refractivity contribution in [3.8, 4) is 0 Å². The van der Waals surface area contributed by atoms with E-state index in [1.165, 1.54) is 128 Å². The maximum absolute atomic E-state index is 12.8. The Bertz CT molecular complexity index is 1230. The van der Waals surface area contributed by atoms with Crippen LogP contribution in [-0.2, 0) is 28.6 Å². The van der Waals surface area contributed by atoms with E-state index >= 15 is 0 Å². The van der Waals surface area contributed by atoms with E-state index in [0.717, 1.165) is 89.9 Å². The summed E-state index contributed by atoms with van der Waals surface area (Å²) in [7, 11) is 0. The zero-order valence-electron chi connectivity index (χ0n) is 42.7. The van der Waals surface area contributed by atoms with Gasteiger partial charge in [0, 0.05) is 19.3 Å². The van der Waals surface area contributed by atoms with Gasteiger partial charge >= 0.3 is 17.9 Å². The first-order valence-electron chi connectivity index (χ1n) is 27.4. The molecular formula is C59H102O6. The molecule has 374 valence electrons. The Hall–Kier alpha value is -3.15. The molecule has 0 fully saturated rings. The lowest BCUT2D eigenvalue weighted by molar-refractivity contribution is -0.167. The highest BCUT2D eigenvalue weighted by atomic mass is 16.6. The first-order valence-corrected chi connectivity index (χ1v) is 27.4. The molecule has 0 saturated heterocycles. The monoisotopic (exact) mass is 907 g/mol. The lowest BCUT2D eigenvalue weighted by Crippen LogP contribution is -2.30. The van der Waals surface area contributed by atoms with Crippen molar-refractivity contribution in [3.05, 3.63) is 72.9 Å². The van der Waals surface area contributed by atoms with E-state index in [1.807, 2.05) is 0 Å². The Morgan fingerprint density at radius 2 is 0.615 bits per heavy atom. The van der Waals surface area contributed by atoms with Crippen LogP contribution >= 0.6 is 0 Å². The molecule has 0 bridgehead atoms. The van der Waals surface area contributed by atoms with E-state index in [1.54, 1.807) is 0 Å². The maximum atomic E-state index is 12.8. The average Bonchev–Trinajstić information content (AvgIpc) is 3.30. The Morgan fingerprint density at radius 3 is 1.02 bits per heavy atom. The maximum Gasteiger partial charge on any atom is 0.306 e. The standard InChI is InChI=1S/C59H102O6/c1-4-7-10-13-16-19-22-25-28-29-32-34-37-40-43-46-49-52-58(61)64-55-56(65-59(62)53-50-47-44-41-38-35-31-27-24-21-18-15-12-9-6-3)54-63-57(60)51-48-45-42-39-36-33-30-26-23-20-17-14-11-8-5-2/h7,10,16,19,25,27-28,31-32,34,40,43,56H,4-6,8-9,11-15,17-18,20-24,26,29-30,33,35-39,41-42,44-55H2,1-3H3/b10-7-,19-16-,28-25-,31-27-,34-32-,43-40-/t56-/m0/s1. The molecule has 0 aromatic carbocycles. The Balaban J connectivity index is 4.47. The summed E-state index contributed by atoms with van der Waals surface area (Å²) in [6.45, 7) is 6.48. The average molecular weight is 907 g/mol. The minimum Gasteiger partial charge on any atom is -0.462 e. The van der Waals surface area contributed by atoms with Crippen molar-refractivity contribution < 1.29 is 28.6 Å². The highest BCUT2D eigenvalue weighted by Crippen LogP contribution is 2.15. The molecule has 0 saturated carbocycles. The lowest BCUT2D eigenvalue weighted by Gasteiger charge is -2.18. The Kier molecular flexibility index (Phi) is 50.9. The van der Waals surface area contributed by atoms with Crippen LogP contribution in [0.3, 0.4) is 0 Å². The van der Waals surface area contributed by atoms with Gasteiger partial charge in [-0.15, -0.1) is 0 Å². The minimum atomic E-state index is -0.800. The summed E-state index contributed by atoms with van der Waals surface area (Å²) in [5.41, 5.74) is 0. The molecule has 0 aromatic rings. The van der Waals surface area contributed by atoms with Gasteiger partial charge in [0.05, 0.1) is 0 Å². The van der Waals surface area contributed by atoms with Crippen LogP contribution in [0.4, 0.5) is 0 Å². The molecular weight excluding hydrogens is 805 g/mol. The van der Waals surface area contributed by atoms with Crippen LogP contribution in [0.25, 0.3) is 0 Å². The molecule has 0 spiro atoms. The van der Waals surface area contributed by atoms with Crippen LogP contribution < -0.4 is 0 Å². The fraction of sp³-hybridized carbons (Fsp3) is 0.746.